The molecule has 0 aliphatic carbocycles. The van der Waals surface area contributed by atoms with Crippen LogP contribution < -0.4 is 4.74 Å². The van der Waals surface area contributed by atoms with Crippen LogP contribution in [0.25, 0.3) is 5.57 Å². The number of likely N-dealkylation sites (tertiary alicyclic amines) is 1. The van der Waals surface area contributed by atoms with E-state index in [1.54, 1.807) is 18.4 Å². The van der Waals surface area contributed by atoms with Crippen LogP contribution in [0.3, 0.4) is 0 Å². The average Bonchev–Trinajstić information content (AvgIpc) is 3.41. The standard InChI is InChI=1S/C21H22N2O4/c1-2-26-16-9-7-15(8-10-16)18-19(22-11-3-4-12-22)21(25)23(20(18)24)14-17-6-5-13-27-17/h5-10,13H,2-4,11-12,14H2,1H3. The van der Waals surface area contributed by atoms with Crippen molar-refractivity contribution in [3.8, 4) is 5.75 Å². The van der Waals surface area contributed by atoms with Gasteiger partial charge in [0.1, 0.15) is 17.2 Å². The molecule has 0 radical (unpaired) electrons. The summed E-state index contributed by atoms with van der Waals surface area (Å²) in [6.45, 7) is 4.23. The van der Waals surface area contributed by atoms with Crippen LogP contribution in [-0.2, 0) is 16.1 Å². The van der Waals surface area contributed by atoms with Crippen molar-refractivity contribution < 1.29 is 18.7 Å². The van der Waals surface area contributed by atoms with Crippen molar-refractivity contribution in [3.63, 3.8) is 0 Å². The minimum atomic E-state index is -0.276. The first kappa shape index (κ1) is 17.4. The number of furan rings is 1. The largest absolute Gasteiger partial charge is 0.494 e. The molecule has 6 heteroatoms. The number of hydrogen-bond donors (Lipinski definition) is 0. The molecule has 0 spiro atoms. The molecule has 140 valence electrons. The fourth-order valence-electron chi connectivity index (χ4n) is 3.64. The molecule has 2 amide bonds. The van der Waals surface area contributed by atoms with Gasteiger partial charge in [0, 0.05) is 13.1 Å². The smallest absolute Gasteiger partial charge is 0.278 e. The second-order valence-corrected chi connectivity index (χ2v) is 6.65. The van der Waals surface area contributed by atoms with E-state index in [9.17, 15) is 9.59 Å². The van der Waals surface area contributed by atoms with E-state index in [0.717, 1.165) is 37.2 Å². The molecule has 0 atom stereocenters. The number of nitrogens with zero attached hydrogens (tertiary/aromatic N) is 2. The van der Waals surface area contributed by atoms with Crippen LogP contribution in [0.15, 0.2) is 52.8 Å². The number of carbonyl (C=O) groups excluding carboxylic acids is 2. The van der Waals surface area contributed by atoms with E-state index in [-0.39, 0.29) is 18.4 Å². The number of amides is 2. The first-order chi connectivity index (χ1) is 13.2. The monoisotopic (exact) mass is 366 g/mol. The highest BCUT2D eigenvalue weighted by Crippen LogP contribution is 2.34. The molecule has 0 N–H and O–H groups in total. The summed E-state index contributed by atoms with van der Waals surface area (Å²) in [5.41, 5.74) is 1.71. The average molecular weight is 366 g/mol. The van der Waals surface area contributed by atoms with Crippen molar-refractivity contribution in [1.29, 1.82) is 0 Å². The molecule has 0 unspecified atom stereocenters. The molecule has 2 aliphatic rings. The van der Waals surface area contributed by atoms with E-state index < -0.39 is 0 Å². The summed E-state index contributed by atoms with van der Waals surface area (Å²) >= 11 is 0. The first-order valence-electron chi connectivity index (χ1n) is 9.30. The van der Waals surface area contributed by atoms with Gasteiger partial charge in [0.25, 0.3) is 11.8 Å². The number of carbonyl (C=O) groups is 2. The van der Waals surface area contributed by atoms with Gasteiger partial charge in [0.05, 0.1) is 25.0 Å². The Kier molecular flexibility index (Phi) is 4.71. The van der Waals surface area contributed by atoms with E-state index in [1.807, 2.05) is 36.1 Å². The molecule has 1 aromatic carbocycles. The Bertz CT molecular complexity index is 862. The van der Waals surface area contributed by atoms with E-state index in [2.05, 4.69) is 0 Å². The lowest BCUT2D eigenvalue weighted by Gasteiger charge is -2.19. The third-order valence-corrected chi connectivity index (χ3v) is 4.91. The highest BCUT2D eigenvalue weighted by atomic mass is 16.5. The van der Waals surface area contributed by atoms with Gasteiger partial charge in [-0.1, -0.05) is 12.1 Å². The van der Waals surface area contributed by atoms with Crippen molar-refractivity contribution in [1.82, 2.24) is 9.80 Å². The molecule has 2 aliphatic heterocycles. The quantitative estimate of drug-likeness (QED) is 0.736. The molecule has 0 bridgehead atoms. The summed E-state index contributed by atoms with van der Waals surface area (Å²) in [6.07, 6.45) is 3.60. The summed E-state index contributed by atoms with van der Waals surface area (Å²) < 4.78 is 10.8. The summed E-state index contributed by atoms with van der Waals surface area (Å²) in [7, 11) is 0. The Balaban J connectivity index is 1.71. The van der Waals surface area contributed by atoms with E-state index in [0.29, 0.717) is 23.6 Å². The third-order valence-electron chi connectivity index (χ3n) is 4.91. The lowest BCUT2D eigenvalue weighted by Crippen LogP contribution is -2.33. The van der Waals surface area contributed by atoms with Crippen LogP contribution >= 0.6 is 0 Å². The lowest BCUT2D eigenvalue weighted by molar-refractivity contribution is -0.138. The summed E-state index contributed by atoms with van der Waals surface area (Å²) in [5, 5.41) is 0. The maximum Gasteiger partial charge on any atom is 0.278 e. The lowest BCUT2D eigenvalue weighted by atomic mass is 10.0. The van der Waals surface area contributed by atoms with Gasteiger partial charge in [-0.3, -0.25) is 14.5 Å². The summed E-state index contributed by atoms with van der Waals surface area (Å²) in [6, 6.07) is 10.9. The Hall–Kier alpha value is -3.02. The fourth-order valence-corrected chi connectivity index (χ4v) is 3.64. The van der Waals surface area contributed by atoms with Gasteiger partial charge in [-0.25, -0.2) is 0 Å². The molecular weight excluding hydrogens is 344 g/mol. The highest BCUT2D eigenvalue weighted by Gasteiger charge is 2.42. The number of benzene rings is 1. The van der Waals surface area contributed by atoms with Crippen LogP contribution in [0.2, 0.25) is 0 Å². The minimum absolute atomic E-state index is 0.141. The molecule has 2 aromatic rings. The Morgan fingerprint density at radius 3 is 2.41 bits per heavy atom. The molecule has 4 rings (SSSR count). The predicted octanol–water partition coefficient (Wildman–Crippen LogP) is 3.05. The van der Waals surface area contributed by atoms with Crippen LogP contribution in [-0.4, -0.2) is 41.3 Å². The zero-order chi connectivity index (χ0) is 18.8. The topological polar surface area (TPSA) is 63.0 Å². The maximum atomic E-state index is 13.2. The van der Waals surface area contributed by atoms with Crippen LogP contribution in [0.5, 0.6) is 5.75 Å². The molecule has 0 saturated carbocycles. The summed E-state index contributed by atoms with van der Waals surface area (Å²) in [5.74, 6) is 0.809. The maximum absolute atomic E-state index is 13.2. The number of hydrogen-bond acceptors (Lipinski definition) is 5. The van der Waals surface area contributed by atoms with Crippen molar-refractivity contribution in [2.45, 2.75) is 26.3 Å². The first-order valence-corrected chi connectivity index (χ1v) is 9.30. The third kappa shape index (κ3) is 3.23. The van der Waals surface area contributed by atoms with Gasteiger partial charge in [-0.15, -0.1) is 0 Å². The van der Waals surface area contributed by atoms with Gasteiger partial charge in [0.2, 0.25) is 0 Å². The second-order valence-electron chi connectivity index (χ2n) is 6.65. The van der Waals surface area contributed by atoms with E-state index in [1.165, 1.54) is 4.90 Å². The van der Waals surface area contributed by atoms with Crippen molar-refractivity contribution >= 4 is 17.4 Å². The molecular formula is C21H22N2O4. The Labute approximate surface area is 158 Å². The van der Waals surface area contributed by atoms with E-state index >= 15 is 0 Å². The molecule has 1 saturated heterocycles. The van der Waals surface area contributed by atoms with Crippen LogP contribution in [0.1, 0.15) is 31.1 Å². The van der Waals surface area contributed by atoms with Crippen molar-refractivity contribution in [2.24, 2.45) is 0 Å². The van der Waals surface area contributed by atoms with Crippen LogP contribution in [0, 0.1) is 0 Å². The Morgan fingerprint density at radius 2 is 1.78 bits per heavy atom. The molecule has 3 heterocycles. The Morgan fingerprint density at radius 1 is 1.04 bits per heavy atom. The van der Waals surface area contributed by atoms with Crippen molar-refractivity contribution in [2.75, 3.05) is 19.7 Å². The van der Waals surface area contributed by atoms with E-state index in [4.69, 9.17) is 9.15 Å². The van der Waals surface area contributed by atoms with Gasteiger partial charge < -0.3 is 14.1 Å². The molecule has 1 fully saturated rings. The number of imide groups is 1. The minimum Gasteiger partial charge on any atom is -0.494 e. The molecule has 1 aromatic heterocycles. The van der Waals surface area contributed by atoms with Gasteiger partial charge in [-0.2, -0.15) is 0 Å². The van der Waals surface area contributed by atoms with Crippen molar-refractivity contribution in [3.05, 3.63) is 59.7 Å². The van der Waals surface area contributed by atoms with Gasteiger partial charge in [-0.05, 0) is 49.6 Å². The zero-order valence-electron chi connectivity index (χ0n) is 15.3. The fraction of sp³-hybridized carbons (Fsp3) is 0.333. The summed E-state index contributed by atoms with van der Waals surface area (Å²) in [4.78, 5) is 29.6. The second kappa shape index (κ2) is 7.31. The normalized spacial score (nSPS) is 17.4. The number of ether oxygens (including phenoxy) is 1. The predicted molar refractivity (Wildman–Crippen MR) is 99.6 cm³/mol. The molecule has 27 heavy (non-hydrogen) atoms. The SMILES string of the molecule is CCOc1ccc(C2=C(N3CCCC3)C(=O)N(Cc3ccco3)C2=O)cc1. The van der Waals surface area contributed by atoms with Gasteiger partial charge >= 0.3 is 0 Å². The number of rotatable bonds is 6. The van der Waals surface area contributed by atoms with Gasteiger partial charge in [0.15, 0.2) is 0 Å². The van der Waals surface area contributed by atoms with Crippen LogP contribution in [0.4, 0.5) is 0 Å². The zero-order valence-corrected chi connectivity index (χ0v) is 15.3. The highest BCUT2D eigenvalue weighted by molar-refractivity contribution is 6.35. The molecule has 6 nitrogen and oxygen atoms in total.